The van der Waals surface area contributed by atoms with E-state index in [0.29, 0.717) is 0 Å². The summed E-state index contributed by atoms with van der Waals surface area (Å²) in [4.78, 5) is 2.53. The molecule has 1 rings (SSSR count). The van der Waals surface area contributed by atoms with Crippen LogP contribution in [0.25, 0.3) is 0 Å². The molecule has 22 heavy (non-hydrogen) atoms. The van der Waals surface area contributed by atoms with Crippen LogP contribution in [0.2, 0.25) is 5.02 Å². The van der Waals surface area contributed by atoms with Crippen molar-refractivity contribution in [2.45, 2.75) is 58.8 Å². The molecule has 0 radical (unpaired) electrons. The highest BCUT2D eigenvalue weighted by atomic mass is 35.5. The van der Waals surface area contributed by atoms with Crippen molar-refractivity contribution in [3.05, 3.63) is 47.0 Å². The Hall–Kier alpha value is -0.790. The fourth-order valence-electron chi connectivity index (χ4n) is 2.56. The molecule has 1 aromatic carbocycles. The van der Waals surface area contributed by atoms with Crippen LogP contribution in [0.5, 0.6) is 0 Å². The molecule has 0 aromatic heterocycles. The molecule has 0 saturated carbocycles. The van der Waals surface area contributed by atoms with Crippen LogP contribution >= 0.6 is 11.6 Å². The first-order valence-electron chi connectivity index (χ1n) is 8.88. The Bertz CT molecular complexity index is 397. The quantitative estimate of drug-likeness (QED) is 0.331. The first kappa shape index (κ1) is 19.3. The first-order chi connectivity index (χ1) is 10.8. The lowest BCUT2D eigenvalue weighted by Gasteiger charge is -2.18. The highest BCUT2D eigenvalue weighted by Crippen LogP contribution is 2.11. The highest BCUT2D eigenvalue weighted by Gasteiger charge is 1.99. The minimum atomic E-state index is 0.816. The molecule has 0 aliphatic heterocycles. The van der Waals surface area contributed by atoms with Gasteiger partial charge < -0.3 is 0 Å². The molecule has 124 valence electrons. The van der Waals surface area contributed by atoms with E-state index in [4.69, 9.17) is 11.6 Å². The third-order valence-electron chi connectivity index (χ3n) is 4.07. The first-order valence-corrected chi connectivity index (χ1v) is 9.25. The van der Waals surface area contributed by atoms with Gasteiger partial charge in [-0.2, -0.15) is 0 Å². The average Bonchev–Trinajstić information content (AvgIpc) is 2.54. The molecule has 0 heterocycles. The van der Waals surface area contributed by atoms with Crippen LogP contribution in [-0.2, 0) is 6.42 Å². The molecular formula is C20H32ClN. The summed E-state index contributed by atoms with van der Waals surface area (Å²) in [5.74, 6) is 0. The lowest BCUT2D eigenvalue weighted by atomic mass is 10.1. The van der Waals surface area contributed by atoms with Crippen molar-refractivity contribution in [1.29, 1.82) is 0 Å². The smallest absolute Gasteiger partial charge is 0.0406 e. The number of aryl methyl sites for hydroxylation is 1. The van der Waals surface area contributed by atoms with Crippen molar-refractivity contribution in [1.82, 2.24) is 4.90 Å². The fourth-order valence-corrected chi connectivity index (χ4v) is 2.69. The van der Waals surface area contributed by atoms with Gasteiger partial charge in [0.25, 0.3) is 0 Å². The number of rotatable bonds is 12. The average molecular weight is 322 g/mol. The zero-order valence-electron chi connectivity index (χ0n) is 14.4. The van der Waals surface area contributed by atoms with Crippen molar-refractivity contribution >= 4 is 11.6 Å². The number of halogens is 1. The SMILES string of the molecule is CCCCCCCN(CC)C/C=C/CCc1ccc(Cl)cc1. The maximum atomic E-state index is 5.90. The molecule has 1 aromatic rings. The van der Waals surface area contributed by atoms with E-state index in [1.54, 1.807) is 0 Å². The molecule has 0 bridgehead atoms. The van der Waals surface area contributed by atoms with Crippen molar-refractivity contribution in [3.63, 3.8) is 0 Å². The Morgan fingerprint density at radius 1 is 0.955 bits per heavy atom. The van der Waals surface area contributed by atoms with Crippen LogP contribution in [0.3, 0.4) is 0 Å². The van der Waals surface area contributed by atoms with Crippen LogP contribution in [0.4, 0.5) is 0 Å². The van der Waals surface area contributed by atoms with Crippen molar-refractivity contribution in [2.24, 2.45) is 0 Å². The predicted molar refractivity (Wildman–Crippen MR) is 99.8 cm³/mol. The summed E-state index contributed by atoms with van der Waals surface area (Å²) < 4.78 is 0. The Morgan fingerprint density at radius 3 is 2.36 bits per heavy atom. The molecule has 0 aliphatic carbocycles. The molecule has 1 nitrogen and oxygen atoms in total. The highest BCUT2D eigenvalue weighted by molar-refractivity contribution is 6.30. The standard InChI is InChI=1S/C20H32ClN/c1-3-5-6-7-10-17-22(4-2)18-11-8-9-12-19-13-15-20(21)16-14-19/h8,11,13-16H,3-7,9-10,12,17-18H2,1-2H3/b11-8+. The van der Waals surface area contributed by atoms with Gasteiger partial charge in [0.1, 0.15) is 0 Å². The number of likely N-dealkylation sites (N-methyl/N-ethyl adjacent to an activating group) is 1. The van der Waals surface area contributed by atoms with Crippen LogP contribution in [-0.4, -0.2) is 24.5 Å². The van der Waals surface area contributed by atoms with E-state index < -0.39 is 0 Å². The van der Waals surface area contributed by atoms with Gasteiger partial charge in [-0.3, -0.25) is 4.90 Å². The maximum absolute atomic E-state index is 5.90. The van der Waals surface area contributed by atoms with Gasteiger partial charge in [0.2, 0.25) is 0 Å². The summed E-state index contributed by atoms with van der Waals surface area (Å²) in [6.07, 6.45) is 13.7. The van der Waals surface area contributed by atoms with Gasteiger partial charge in [-0.15, -0.1) is 0 Å². The van der Waals surface area contributed by atoms with E-state index in [1.165, 1.54) is 44.2 Å². The molecule has 0 saturated heterocycles. The van der Waals surface area contributed by atoms with Gasteiger partial charge in [-0.05, 0) is 50.0 Å². The number of allylic oxidation sites excluding steroid dienone is 1. The zero-order chi connectivity index (χ0) is 16.0. The fraction of sp³-hybridized carbons (Fsp3) is 0.600. The normalized spacial score (nSPS) is 11.6. The number of unbranched alkanes of at least 4 members (excludes halogenated alkanes) is 4. The summed E-state index contributed by atoms with van der Waals surface area (Å²) in [6, 6.07) is 8.17. The minimum absolute atomic E-state index is 0.816. The van der Waals surface area contributed by atoms with Gasteiger partial charge in [0, 0.05) is 11.6 Å². The van der Waals surface area contributed by atoms with Crippen molar-refractivity contribution < 1.29 is 0 Å². The zero-order valence-corrected chi connectivity index (χ0v) is 15.1. The number of hydrogen-bond donors (Lipinski definition) is 0. The molecule has 0 amide bonds. The van der Waals surface area contributed by atoms with Crippen LogP contribution in [0.1, 0.15) is 57.9 Å². The second kappa shape index (κ2) is 12.7. The largest absolute Gasteiger partial charge is 0.300 e. The monoisotopic (exact) mass is 321 g/mol. The summed E-state index contributed by atoms with van der Waals surface area (Å²) >= 11 is 5.90. The van der Waals surface area contributed by atoms with Crippen LogP contribution in [0, 0.1) is 0 Å². The molecule has 0 fully saturated rings. The van der Waals surface area contributed by atoms with Crippen LogP contribution < -0.4 is 0 Å². The van der Waals surface area contributed by atoms with Gasteiger partial charge >= 0.3 is 0 Å². The maximum Gasteiger partial charge on any atom is 0.0406 e. The molecule has 0 unspecified atom stereocenters. The molecule has 0 N–H and O–H groups in total. The topological polar surface area (TPSA) is 3.24 Å². The van der Waals surface area contributed by atoms with Gasteiger partial charge in [-0.1, -0.05) is 75.4 Å². The van der Waals surface area contributed by atoms with E-state index in [2.05, 4.69) is 43.0 Å². The summed E-state index contributed by atoms with van der Waals surface area (Å²) in [5.41, 5.74) is 1.36. The van der Waals surface area contributed by atoms with Crippen molar-refractivity contribution in [3.8, 4) is 0 Å². The molecule has 0 atom stereocenters. The van der Waals surface area contributed by atoms with Crippen molar-refractivity contribution in [2.75, 3.05) is 19.6 Å². The second-order valence-electron chi connectivity index (χ2n) is 5.94. The Kier molecular flexibility index (Phi) is 11.1. The van der Waals surface area contributed by atoms with E-state index >= 15 is 0 Å². The lowest BCUT2D eigenvalue weighted by Crippen LogP contribution is -2.24. The Morgan fingerprint density at radius 2 is 1.68 bits per heavy atom. The number of nitrogens with zero attached hydrogens (tertiary/aromatic N) is 1. The van der Waals surface area contributed by atoms with Crippen LogP contribution in [0.15, 0.2) is 36.4 Å². The third-order valence-corrected chi connectivity index (χ3v) is 4.32. The molecular weight excluding hydrogens is 290 g/mol. The van der Waals surface area contributed by atoms with Gasteiger partial charge in [0.15, 0.2) is 0 Å². The van der Waals surface area contributed by atoms with Gasteiger partial charge in [-0.25, -0.2) is 0 Å². The Labute approximate surface area is 142 Å². The molecule has 0 spiro atoms. The number of benzene rings is 1. The lowest BCUT2D eigenvalue weighted by molar-refractivity contribution is 0.309. The van der Waals surface area contributed by atoms with E-state index in [9.17, 15) is 0 Å². The Balaban J connectivity index is 2.12. The summed E-state index contributed by atoms with van der Waals surface area (Å²) in [7, 11) is 0. The molecule has 2 heteroatoms. The predicted octanol–water partition coefficient (Wildman–Crippen LogP) is 6.12. The van der Waals surface area contributed by atoms with E-state index in [-0.39, 0.29) is 0 Å². The summed E-state index contributed by atoms with van der Waals surface area (Å²) in [5, 5.41) is 0.816. The minimum Gasteiger partial charge on any atom is -0.300 e. The third kappa shape index (κ3) is 9.27. The van der Waals surface area contributed by atoms with Gasteiger partial charge in [0.05, 0.1) is 0 Å². The second-order valence-corrected chi connectivity index (χ2v) is 6.38. The molecule has 0 aliphatic rings. The van der Waals surface area contributed by atoms with E-state index in [0.717, 1.165) is 31.0 Å². The summed E-state index contributed by atoms with van der Waals surface area (Å²) in [6.45, 7) is 8.00. The van der Waals surface area contributed by atoms with E-state index in [1.807, 2.05) is 12.1 Å². The number of hydrogen-bond acceptors (Lipinski definition) is 1.